The van der Waals surface area contributed by atoms with E-state index in [0.717, 1.165) is 16.9 Å². The molecule has 2 aromatic carbocycles. The quantitative estimate of drug-likeness (QED) is 0.601. The fourth-order valence-corrected chi connectivity index (χ4v) is 3.00. The Kier molecular flexibility index (Phi) is 6.89. The minimum Gasteiger partial charge on any atom is -0.491 e. The van der Waals surface area contributed by atoms with E-state index >= 15 is 0 Å². The molecular formula is C23H28N4O2. The molecule has 0 fully saturated rings. The van der Waals surface area contributed by atoms with Gasteiger partial charge in [0.1, 0.15) is 5.75 Å². The number of hydrogen-bond acceptors (Lipinski definition) is 3. The van der Waals surface area contributed by atoms with Gasteiger partial charge < -0.3 is 15.4 Å². The van der Waals surface area contributed by atoms with Gasteiger partial charge in [-0.25, -0.2) is 4.79 Å². The van der Waals surface area contributed by atoms with Crippen molar-refractivity contribution in [1.29, 1.82) is 0 Å². The highest BCUT2D eigenvalue weighted by Gasteiger charge is 2.11. The topological polar surface area (TPSA) is 68.2 Å². The van der Waals surface area contributed by atoms with Crippen LogP contribution in [0.3, 0.4) is 0 Å². The van der Waals surface area contributed by atoms with Crippen LogP contribution in [-0.2, 0) is 13.1 Å². The lowest BCUT2D eigenvalue weighted by molar-refractivity contribution is 0.236. The van der Waals surface area contributed by atoms with Crippen LogP contribution in [0.5, 0.6) is 5.75 Å². The Morgan fingerprint density at radius 3 is 2.62 bits per heavy atom. The van der Waals surface area contributed by atoms with Gasteiger partial charge in [0.15, 0.2) is 0 Å². The second-order valence-corrected chi connectivity index (χ2v) is 7.32. The first-order valence-electron chi connectivity index (χ1n) is 9.86. The van der Waals surface area contributed by atoms with Crippen molar-refractivity contribution in [3.8, 4) is 5.75 Å². The van der Waals surface area contributed by atoms with Crippen LogP contribution >= 0.6 is 0 Å². The molecule has 0 bridgehead atoms. The summed E-state index contributed by atoms with van der Waals surface area (Å²) in [5.74, 6) is 0.803. The maximum absolute atomic E-state index is 12.3. The second kappa shape index (κ2) is 9.78. The molecule has 0 aliphatic heterocycles. The number of benzene rings is 2. The van der Waals surface area contributed by atoms with Crippen molar-refractivity contribution in [2.75, 3.05) is 0 Å². The van der Waals surface area contributed by atoms with Crippen molar-refractivity contribution in [1.82, 2.24) is 20.4 Å². The molecular weight excluding hydrogens is 364 g/mol. The lowest BCUT2D eigenvalue weighted by Crippen LogP contribution is -2.36. The Bertz CT molecular complexity index is 921. The van der Waals surface area contributed by atoms with E-state index in [2.05, 4.69) is 27.9 Å². The van der Waals surface area contributed by atoms with Gasteiger partial charge in [-0.15, -0.1) is 0 Å². The van der Waals surface area contributed by atoms with Gasteiger partial charge in [0, 0.05) is 18.3 Å². The lowest BCUT2D eigenvalue weighted by atomic mass is 10.1. The Morgan fingerprint density at radius 1 is 1.07 bits per heavy atom. The zero-order chi connectivity index (χ0) is 20.6. The molecule has 0 spiro atoms. The van der Waals surface area contributed by atoms with Crippen LogP contribution in [-0.4, -0.2) is 21.9 Å². The molecule has 3 aromatic rings. The van der Waals surface area contributed by atoms with E-state index in [1.165, 1.54) is 5.56 Å². The Labute approximate surface area is 171 Å². The Hall–Kier alpha value is -3.28. The summed E-state index contributed by atoms with van der Waals surface area (Å²) in [5.41, 5.74) is 3.13. The van der Waals surface area contributed by atoms with Gasteiger partial charge in [-0.1, -0.05) is 42.5 Å². The van der Waals surface area contributed by atoms with Gasteiger partial charge >= 0.3 is 6.03 Å². The third-order valence-electron chi connectivity index (χ3n) is 4.40. The molecule has 0 saturated heterocycles. The zero-order valence-corrected chi connectivity index (χ0v) is 17.1. The molecule has 1 heterocycles. The van der Waals surface area contributed by atoms with Gasteiger partial charge in [0.2, 0.25) is 0 Å². The highest BCUT2D eigenvalue weighted by molar-refractivity contribution is 5.74. The van der Waals surface area contributed by atoms with E-state index in [4.69, 9.17) is 4.74 Å². The number of urea groups is 1. The van der Waals surface area contributed by atoms with Crippen molar-refractivity contribution >= 4 is 6.03 Å². The molecule has 2 amide bonds. The highest BCUT2D eigenvalue weighted by atomic mass is 16.5. The van der Waals surface area contributed by atoms with Crippen LogP contribution < -0.4 is 15.4 Å². The SMILES string of the molecule is CC(C)Oc1cccc(C(C)NC(=O)NCc2cnn(Cc3ccccc3)c2)c1. The number of hydrogen-bond donors (Lipinski definition) is 2. The first-order chi connectivity index (χ1) is 14.0. The van der Waals surface area contributed by atoms with Crippen LogP contribution in [0.15, 0.2) is 67.0 Å². The molecule has 0 saturated carbocycles. The molecule has 6 nitrogen and oxygen atoms in total. The number of rotatable bonds is 8. The zero-order valence-electron chi connectivity index (χ0n) is 17.1. The predicted molar refractivity (Wildman–Crippen MR) is 114 cm³/mol. The Balaban J connectivity index is 1.48. The van der Waals surface area contributed by atoms with Crippen molar-refractivity contribution < 1.29 is 9.53 Å². The molecule has 0 aliphatic rings. The smallest absolute Gasteiger partial charge is 0.315 e. The standard InChI is InChI=1S/C23H28N4O2/c1-17(2)29-22-11-7-10-21(12-22)18(3)26-23(28)24-13-20-14-25-27(16-20)15-19-8-5-4-6-9-19/h4-12,14,16-18H,13,15H2,1-3H3,(H2,24,26,28). The van der Waals surface area contributed by atoms with Crippen molar-refractivity contribution in [3.05, 3.63) is 83.7 Å². The summed E-state index contributed by atoms with van der Waals surface area (Å²) in [4.78, 5) is 12.3. The molecule has 152 valence electrons. The first kappa shape index (κ1) is 20.5. The number of carbonyl (C=O) groups excluding carboxylic acids is 1. The summed E-state index contributed by atoms with van der Waals surface area (Å²) in [7, 11) is 0. The van der Waals surface area contributed by atoms with Gasteiger partial charge in [0.05, 0.1) is 24.9 Å². The van der Waals surface area contributed by atoms with Gasteiger partial charge in [-0.2, -0.15) is 5.10 Å². The molecule has 3 rings (SSSR count). The summed E-state index contributed by atoms with van der Waals surface area (Å²) >= 11 is 0. The second-order valence-electron chi connectivity index (χ2n) is 7.32. The van der Waals surface area contributed by atoms with Crippen LogP contribution in [0, 0.1) is 0 Å². The third-order valence-corrected chi connectivity index (χ3v) is 4.40. The van der Waals surface area contributed by atoms with E-state index in [0.29, 0.717) is 13.1 Å². The van der Waals surface area contributed by atoms with Crippen molar-refractivity contribution in [2.45, 2.75) is 46.0 Å². The summed E-state index contributed by atoms with van der Waals surface area (Å²) in [6.45, 7) is 7.06. The molecule has 2 N–H and O–H groups in total. The number of amides is 2. The maximum Gasteiger partial charge on any atom is 0.315 e. The van der Waals surface area contributed by atoms with Gasteiger partial charge in [0.25, 0.3) is 0 Å². The summed E-state index contributed by atoms with van der Waals surface area (Å²) in [6, 6.07) is 17.6. The first-order valence-corrected chi connectivity index (χ1v) is 9.86. The summed E-state index contributed by atoms with van der Waals surface area (Å²) < 4.78 is 7.59. The molecule has 1 atom stereocenters. The monoisotopic (exact) mass is 392 g/mol. The minimum absolute atomic E-state index is 0.111. The average molecular weight is 393 g/mol. The van der Waals surface area contributed by atoms with Crippen molar-refractivity contribution in [3.63, 3.8) is 0 Å². The van der Waals surface area contributed by atoms with Crippen LogP contribution in [0.4, 0.5) is 4.79 Å². The number of ether oxygens (including phenoxy) is 1. The maximum atomic E-state index is 12.3. The van der Waals surface area contributed by atoms with Crippen LogP contribution in [0.1, 0.15) is 43.5 Å². The summed E-state index contributed by atoms with van der Waals surface area (Å²) in [5, 5.41) is 10.2. The van der Waals surface area contributed by atoms with E-state index in [9.17, 15) is 4.79 Å². The molecule has 0 aliphatic carbocycles. The molecule has 6 heteroatoms. The minimum atomic E-state index is -0.219. The molecule has 1 unspecified atom stereocenters. The lowest BCUT2D eigenvalue weighted by Gasteiger charge is -2.17. The molecule has 29 heavy (non-hydrogen) atoms. The number of nitrogens with one attached hydrogen (secondary N) is 2. The van der Waals surface area contributed by atoms with E-state index in [1.807, 2.05) is 74.1 Å². The molecule has 1 aromatic heterocycles. The normalized spacial score (nSPS) is 11.9. The van der Waals surface area contributed by atoms with E-state index in [1.54, 1.807) is 6.20 Å². The summed E-state index contributed by atoms with van der Waals surface area (Å²) in [6.07, 6.45) is 3.84. The van der Waals surface area contributed by atoms with E-state index in [-0.39, 0.29) is 18.2 Å². The fraction of sp³-hybridized carbons (Fsp3) is 0.304. The number of nitrogens with zero attached hydrogens (tertiary/aromatic N) is 2. The largest absolute Gasteiger partial charge is 0.491 e. The average Bonchev–Trinajstić information content (AvgIpc) is 3.14. The molecule has 0 radical (unpaired) electrons. The van der Waals surface area contributed by atoms with E-state index < -0.39 is 0 Å². The predicted octanol–water partition coefficient (Wildman–Crippen LogP) is 4.28. The number of carbonyl (C=O) groups is 1. The van der Waals surface area contributed by atoms with Gasteiger partial charge in [-0.05, 0) is 44.0 Å². The third kappa shape index (κ3) is 6.38. The number of aromatic nitrogens is 2. The van der Waals surface area contributed by atoms with Crippen molar-refractivity contribution in [2.24, 2.45) is 0 Å². The Morgan fingerprint density at radius 2 is 1.86 bits per heavy atom. The fourth-order valence-electron chi connectivity index (χ4n) is 3.00. The van der Waals surface area contributed by atoms with Crippen LogP contribution in [0.2, 0.25) is 0 Å². The van der Waals surface area contributed by atoms with Crippen LogP contribution in [0.25, 0.3) is 0 Å². The van der Waals surface area contributed by atoms with Gasteiger partial charge in [-0.3, -0.25) is 4.68 Å². The highest BCUT2D eigenvalue weighted by Crippen LogP contribution is 2.20.